The van der Waals surface area contributed by atoms with Crippen molar-refractivity contribution in [3.05, 3.63) is 35.4 Å². The first kappa shape index (κ1) is 10.0. The van der Waals surface area contributed by atoms with Crippen molar-refractivity contribution in [3.63, 3.8) is 0 Å². The smallest absolute Gasteiger partial charge is 0.0370 e. The summed E-state index contributed by atoms with van der Waals surface area (Å²) in [6.45, 7) is 2.21. The van der Waals surface area contributed by atoms with Crippen LogP contribution in [0.5, 0.6) is 0 Å². The lowest BCUT2D eigenvalue weighted by molar-refractivity contribution is 0.498. The quantitative estimate of drug-likeness (QED) is 0.663. The van der Waals surface area contributed by atoms with Crippen molar-refractivity contribution in [2.24, 2.45) is 5.92 Å². The molecule has 0 bridgehead atoms. The first-order chi connectivity index (χ1) is 6.81. The third-order valence-corrected chi connectivity index (χ3v) is 3.73. The highest BCUT2D eigenvalue weighted by Gasteiger charge is 2.26. The second kappa shape index (κ2) is 4.35. The van der Waals surface area contributed by atoms with E-state index in [2.05, 4.69) is 31.2 Å². The van der Waals surface area contributed by atoms with Gasteiger partial charge in [-0.05, 0) is 36.3 Å². The SMILES string of the molecule is CCCC(Cl)C1Cc2ccccc2C1. The van der Waals surface area contributed by atoms with Crippen LogP contribution in [-0.2, 0) is 12.8 Å². The number of halogens is 1. The molecular formula is C13H17Cl. The van der Waals surface area contributed by atoms with E-state index in [-0.39, 0.29) is 0 Å². The lowest BCUT2D eigenvalue weighted by atomic mass is 9.99. The molecule has 0 nitrogen and oxygen atoms in total. The number of hydrogen-bond donors (Lipinski definition) is 0. The van der Waals surface area contributed by atoms with Gasteiger partial charge in [-0.3, -0.25) is 0 Å². The first-order valence-corrected chi connectivity index (χ1v) is 5.95. The van der Waals surface area contributed by atoms with Crippen LogP contribution in [0.3, 0.4) is 0 Å². The molecular weight excluding hydrogens is 192 g/mol. The maximum absolute atomic E-state index is 6.38. The Hall–Kier alpha value is -0.490. The monoisotopic (exact) mass is 208 g/mol. The number of alkyl halides is 1. The minimum absolute atomic E-state index is 0.368. The molecule has 0 N–H and O–H groups in total. The van der Waals surface area contributed by atoms with Gasteiger partial charge in [-0.1, -0.05) is 37.6 Å². The second-order valence-corrected chi connectivity index (χ2v) is 4.80. The Kier molecular flexibility index (Phi) is 3.12. The molecule has 0 amide bonds. The minimum Gasteiger partial charge on any atom is -0.123 e. The van der Waals surface area contributed by atoms with E-state index in [0.29, 0.717) is 11.3 Å². The molecule has 0 aliphatic heterocycles. The van der Waals surface area contributed by atoms with E-state index in [1.54, 1.807) is 0 Å². The third kappa shape index (κ3) is 1.95. The Morgan fingerprint density at radius 1 is 1.29 bits per heavy atom. The van der Waals surface area contributed by atoms with E-state index in [4.69, 9.17) is 11.6 Å². The maximum Gasteiger partial charge on any atom is 0.0370 e. The summed E-state index contributed by atoms with van der Waals surface area (Å²) in [5.41, 5.74) is 3.03. The van der Waals surface area contributed by atoms with Gasteiger partial charge in [0.05, 0.1) is 0 Å². The topological polar surface area (TPSA) is 0 Å². The molecule has 1 atom stereocenters. The van der Waals surface area contributed by atoms with Crippen LogP contribution in [0.15, 0.2) is 24.3 Å². The normalized spacial score (nSPS) is 18.1. The number of benzene rings is 1. The fraction of sp³-hybridized carbons (Fsp3) is 0.538. The van der Waals surface area contributed by atoms with Gasteiger partial charge in [0.25, 0.3) is 0 Å². The van der Waals surface area contributed by atoms with Gasteiger partial charge in [-0.2, -0.15) is 0 Å². The Morgan fingerprint density at radius 2 is 1.86 bits per heavy atom. The molecule has 0 saturated carbocycles. The molecule has 0 spiro atoms. The molecule has 0 aromatic heterocycles. The summed E-state index contributed by atoms with van der Waals surface area (Å²) in [6, 6.07) is 8.74. The average molecular weight is 209 g/mol. The van der Waals surface area contributed by atoms with Crippen LogP contribution >= 0.6 is 11.6 Å². The zero-order valence-corrected chi connectivity index (χ0v) is 9.43. The predicted octanol–water partition coefficient (Wildman–Crippen LogP) is 3.81. The average Bonchev–Trinajstić information content (AvgIpc) is 2.61. The molecule has 0 radical (unpaired) electrons. The van der Waals surface area contributed by atoms with Gasteiger partial charge in [0.2, 0.25) is 0 Å². The van der Waals surface area contributed by atoms with Gasteiger partial charge in [-0.15, -0.1) is 11.6 Å². The van der Waals surface area contributed by atoms with Gasteiger partial charge < -0.3 is 0 Å². The van der Waals surface area contributed by atoms with E-state index >= 15 is 0 Å². The molecule has 0 heterocycles. The number of rotatable bonds is 3. The highest BCUT2D eigenvalue weighted by Crippen LogP contribution is 2.32. The molecule has 1 aromatic carbocycles. The molecule has 1 aliphatic carbocycles. The zero-order chi connectivity index (χ0) is 9.97. The van der Waals surface area contributed by atoms with Crippen LogP contribution < -0.4 is 0 Å². The minimum atomic E-state index is 0.368. The van der Waals surface area contributed by atoms with E-state index in [9.17, 15) is 0 Å². The Labute approximate surface area is 91.3 Å². The van der Waals surface area contributed by atoms with Crippen LogP contribution in [-0.4, -0.2) is 5.38 Å². The number of fused-ring (bicyclic) bond motifs is 1. The largest absolute Gasteiger partial charge is 0.123 e. The van der Waals surface area contributed by atoms with Gasteiger partial charge in [0, 0.05) is 5.38 Å². The van der Waals surface area contributed by atoms with Crippen molar-refractivity contribution in [2.45, 2.75) is 38.0 Å². The Bertz CT molecular complexity index is 281. The van der Waals surface area contributed by atoms with Crippen LogP contribution in [0.4, 0.5) is 0 Å². The third-order valence-electron chi connectivity index (χ3n) is 3.16. The van der Waals surface area contributed by atoms with Crippen LogP contribution in [0.2, 0.25) is 0 Å². The highest BCUT2D eigenvalue weighted by atomic mass is 35.5. The van der Waals surface area contributed by atoms with E-state index < -0.39 is 0 Å². The molecule has 14 heavy (non-hydrogen) atoms. The summed E-state index contributed by atoms with van der Waals surface area (Å²) in [7, 11) is 0. The Balaban J connectivity index is 2.04. The zero-order valence-electron chi connectivity index (χ0n) is 8.67. The summed E-state index contributed by atoms with van der Waals surface area (Å²) in [4.78, 5) is 0. The molecule has 0 saturated heterocycles. The Morgan fingerprint density at radius 3 is 2.36 bits per heavy atom. The van der Waals surface area contributed by atoms with E-state index in [1.165, 1.54) is 30.4 Å². The summed E-state index contributed by atoms with van der Waals surface area (Å²) >= 11 is 6.38. The lowest BCUT2D eigenvalue weighted by Gasteiger charge is -2.15. The number of hydrogen-bond acceptors (Lipinski definition) is 0. The van der Waals surface area contributed by atoms with Crippen molar-refractivity contribution in [1.82, 2.24) is 0 Å². The first-order valence-electron chi connectivity index (χ1n) is 5.52. The van der Waals surface area contributed by atoms with Crippen molar-refractivity contribution >= 4 is 11.6 Å². The molecule has 0 fully saturated rings. The predicted molar refractivity (Wildman–Crippen MR) is 61.9 cm³/mol. The molecule has 1 heteroatoms. The van der Waals surface area contributed by atoms with Gasteiger partial charge in [0.1, 0.15) is 0 Å². The lowest BCUT2D eigenvalue weighted by Crippen LogP contribution is -2.14. The molecule has 1 aliphatic rings. The summed E-state index contributed by atoms with van der Waals surface area (Å²) in [5.74, 6) is 0.675. The van der Waals surface area contributed by atoms with Crippen molar-refractivity contribution in [2.75, 3.05) is 0 Å². The summed E-state index contributed by atoms with van der Waals surface area (Å²) in [5, 5.41) is 0.368. The van der Waals surface area contributed by atoms with Gasteiger partial charge >= 0.3 is 0 Å². The molecule has 1 unspecified atom stereocenters. The highest BCUT2D eigenvalue weighted by molar-refractivity contribution is 6.20. The fourth-order valence-electron chi connectivity index (χ4n) is 2.36. The van der Waals surface area contributed by atoms with E-state index in [0.717, 1.165) is 6.42 Å². The molecule has 1 aromatic rings. The summed E-state index contributed by atoms with van der Waals surface area (Å²) in [6.07, 6.45) is 4.72. The van der Waals surface area contributed by atoms with Crippen LogP contribution in [0.25, 0.3) is 0 Å². The van der Waals surface area contributed by atoms with Crippen LogP contribution in [0, 0.1) is 5.92 Å². The van der Waals surface area contributed by atoms with Crippen molar-refractivity contribution in [3.8, 4) is 0 Å². The standard InChI is InChI=1S/C13H17Cl/c1-2-5-13(14)12-8-10-6-3-4-7-11(10)9-12/h3-4,6-7,12-13H,2,5,8-9H2,1H3. The van der Waals surface area contributed by atoms with Gasteiger partial charge in [0.15, 0.2) is 0 Å². The molecule has 76 valence electrons. The van der Waals surface area contributed by atoms with Gasteiger partial charge in [-0.25, -0.2) is 0 Å². The second-order valence-electron chi connectivity index (χ2n) is 4.24. The fourth-order valence-corrected chi connectivity index (χ4v) is 2.76. The molecule has 2 rings (SSSR count). The van der Waals surface area contributed by atoms with Crippen molar-refractivity contribution < 1.29 is 0 Å². The van der Waals surface area contributed by atoms with E-state index in [1.807, 2.05) is 0 Å². The van der Waals surface area contributed by atoms with Crippen molar-refractivity contribution in [1.29, 1.82) is 0 Å². The summed E-state index contributed by atoms with van der Waals surface area (Å²) < 4.78 is 0. The van der Waals surface area contributed by atoms with Crippen LogP contribution in [0.1, 0.15) is 30.9 Å². The maximum atomic E-state index is 6.38.